The van der Waals surface area contributed by atoms with Crippen LogP contribution in [0.4, 0.5) is 5.82 Å². The number of nitriles is 1. The molecule has 1 aromatic carbocycles. The summed E-state index contributed by atoms with van der Waals surface area (Å²) in [6.45, 7) is 0. The number of halogens is 1. The Kier molecular flexibility index (Phi) is 3.39. The molecule has 4 aromatic rings. The summed E-state index contributed by atoms with van der Waals surface area (Å²) in [5.41, 5.74) is 7.18. The van der Waals surface area contributed by atoms with Crippen LogP contribution in [0.2, 0.25) is 5.02 Å². The maximum absolute atomic E-state index is 11.8. The zero-order valence-electron chi connectivity index (χ0n) is 12.5. The number of aromatic amines is 1. The van der Waals surface area contributed by atoms with Gasteiger partial charge in [-0.15, -0.1) is 11.3 Å². The number of aromatic nitrogens is 2. The number of rotatable bonds is 1. The first-order chi connectivity index (χ1) is 12.0. The van der Waals surface area contributed by atoms with E-state index in [1.54, 1.807) is 24.3 Å². The fourth-order valence-electron chi connectivity index (χ4n) is 2.84. The smallest absolute Gasteiger partial charge is 0.252 e. The number of thiophene rings is 1. The minimum atomic E-state index is -0.454. The molecule has 0 aliphatic carbocycles. The highest BCUT2D eigenvalue weighted by Gasteiger charge is 2.22. The molecule has 0 saturated heterocycles. The number of benzene rings is 1. The third-order valence-electron chi connectivity index (χ3n) is 3.87. The van der Waals surface area contributed by atoms with Crippen molar-refractivity contribution in [3.8, 4) is 22.9 Å². The zero-order valence-corrected chi connectivity index (χ0v) is 14.1. The molecule has 0 atom stereocenters. The number of hydrogen-bond donors (Lipinski definition) is 3. The lowest BCUT2D eigenvalue weighted by Gasteiger charge is -2.10. The first-order valence-electron chi connectivity index (χ1n) is 7.14. The molecule has 0 unspecified atom stereocenters. The maximum Gasteiger partial charge on any atom is 0.252 e. The number of H-pyrrole nitrogens is 1. The molecule has 0 bridgehead atoms. The van der Waals surface area contributed by atoms with E-state index in [4.69, 9.17) is 17.3 Å². The fraction of sp³-hybridized carbons (Fsp3) is 0. The van der Waals surface area contributed by atoms with Crippen molar-refractivity contribution in [2.45, 2.75) is 0 Å². The van der Waals surface area contributed by atoms with Gasteiger partial charge in [0.05, 0.1) is 10.2 Å². The quantitative estimate of drug-likeness (QED) is 0.474. The summed E-state index contributed by atoms with van der Waals surface area (Å²) < 4.78 is 0.463. The van der Waals surface area contributed by atoms with Crippen LogP contribution in [-0.4, -0.2) is 15.1 Å². The average molecular weight is 369 g/mol. The first kappa shape index (κ1) is 15.4. The van der Waals surface area contributed by atoms with Crippen LogP contribution in [-0.2, 0) is 0 Å². The summed E-state index contributed by atoms with van der Waals surface area (Å²) in [4.78, 5) is 19.3. The Morgan fingerprint density at radius 1 is 1.36 bits per heavy atom. The van der Waals surface area contributed by atoms with E-state index in [-0.39, 0.29) is 17.1 Å². The molecule has 6 nitrogen and oxygen atoms in total. The van der Waals surface area contributed by atoms with Gasteiger partial charge in [-0.3, -0.25) is 4.79 Å². The number of fused-ring (bicyclic) bond motifs is 3. The highest BCUT2D eigenvalue weighted by molar-refractivity contribution is 7.25. The van der Waals surface area contributed by atoms with Crippen molar-refractivity contribution in [2.75, 3.05) is 5.73 Å². The van der Waals surface area contributed by atoms with Crippen molar-refractivity contribution in [3.63, 3.8) is 0 Å². The van der Waals surface area contributed by atoms with Crippen LogP contribution in [0.1, 0.15) is 5.56 Å². The van der Waals surface area contributed by atoms with Crippen LogP contribution in [0.5, 0.6) is 5.75 Å². The van der Waals surface area contributed by atoms with Gasteiger partial charge in [0.2, 0.25) is 0 Å². The van der Waals surface area contributed by atoms with Crippen LogP contribution in [0.15, 0.2) is 35.1 Å². The Labute approximate surface area is 149 Å². The topological polar surface area (TPSA) is 116 Å². The number of anilines is 1. The lowest BCUT2D eigenvalue weighted by atomic mass is 9.97. The zero-order chi connectivity index (χ0) is 17.7. The van der Waals surface area contributed by atoms with Crippen molar-refractivity contribution in [1.29, 1.82) is 5.26 Å². The first-order valence-corrected chi connectivity index (χ1v) is 8.33. The van der Waals surface area contributed by atoms with Gasteiger partial charge in [-0.25, -0.2) is 4.98 Å². The number of aromatic hydroxyl groups is 1. The second-order valence-electron chi connectivity index (χ2n) is 5.34. The summed E-state index contributed by atoms with van der Waals surface area (Å²) in [6, 6.07) is 10.2. The van der Waals surface area contributed by atoms with Crippen LogP contribution in [0.3, 0.4) is 0 Å². The Hall–Kier alpha value is -3.08. The summed E-state index contributed by atoms with van der Waals surface area (Å²) >= 11 is 7.51. The Morgan fingerprint density at radius 2 is 2.12 bits per heavy atom. The van der Waals surface area contributed by atoms with E-state index in [0.717, 1.165) is 6.07 Å². The number of pyridine rings is 2. The normalized spacial score (nSPS) is 11.0. The van der Waals surface area contributed by atoms with E-state index in [2.05, 4.69) is 16.0 Å². The highest BCUT2D eigenvalue weighted by atomic mass is 35.5. The lowest BCUT2D eigenvalue weighted by molar-refractivity contribution is 0.481. The van der Waals surface area contributed by atoms with Crippen molar-refractivity contribution in [3.05, 3.63) is 51.3 Å². The maximum atomic E-state index is 11.8. The van der Waals surface area contributed by atoms with Gasteiger partial charge in [0, 0.05) is 27.6 Å². The summed E-state index contributed by atoms with van der Waals surface area (Å²) in [7, 11) is 0. The van der Waals surface area contributed by atoms with Gasteiger partial charge in [-0.2, -0.15) is 5.26 Å². The molecule has 3 heterocycles. The molecule has 0 amide bonds. The van der Waals surface area contributed by atoms with E-state index >= 15 is 0 Å². The van der Waals surface area contributed by atoms with Gasteiger partial charge in [-0.05, 0) is 6.07 Å². The van der Waals surface area contributed by atoms with Crippen molar-refractivity contribution < 1.29 is 5.11 Å². The van der Waals surface area contributed by atoms with Crippen molar-refractivity contribution in [1.82, 2.24) is 9.97 Å². The summed E-state index contributed by atoms with van der Waals surface area (Å²) in [5.74, 6) is -0.0812. The van der Waals surface area contributed by atoms with Crippen molar-refractivity contribution in [2.24, 2.45) is 0 Å². The molecule has 0 aliphatic heterocycles. The molecule has 0 fully saturated rings. The molecule has 8 heteroatoms. The number of nitrogens with zero attached hydrogens (tertiary/aromatic N) is 2. The number of nitrogens with two attached hydrogens (primary N) is 1. The summed E-state index contributed by atoms with van der Waals surface area (Å²) in [6.07, 6.45) is 0. The molecule has 0 aliphatic rings. The van der Waals surface area contributed by atoms with E-state index < -0.39 is 5.56 Å². The molecule has 0 spiro atoms. The predicted octanol–water partition coefficient (Wildman–Crippen LogP) is 3.62. The van der Waals surface area contributed by atoms with Crippen LogP contribution < -0.4 is 11.3 Å². The number of nitrogens with one attached hydrogen (secondary N) is 1. The molecule has 122 valence electrons. The second-order valence-corrected chi connectivity index (χ2v) is 6.75. The van der Waals surface area contributed by atoms with Crippen LogP contribution >= 0.6 is 22.9 Å². The fourth-order valence-corrected chi connectivity index (χ4v) is 4.14. The monoisotopic (exact) mass is 368 g/mol. The second kappa shape index (κ2) is 5.48. The lowest BCUT2D eigenvalue weighted by Crippen LogP contribution is -2.03. The highest BCUT2D eigenvalue weighted by Crippen LogP contribution is 2.44. The Morgan fingerprint density at radius 3 is 2.84 bits per heavy atom. The minimum absolute atomic E-state index is 0.0679. The van der Waals surface area contributed by atoms with E-state index in [1.807, 2.05) is 0 Å². The number of hydrogen-bond acceptors (Lipinski definition) is 6. The molecule has 3 aromatic heterocycles. The van der Waals surface area contributed by atoms with Gasteiger partial charge >= 0.3 is 0 Å². The van der Waals surface area contributed by atoms with Crippen LogP contribution in [0.25, 0.3) is 31.6 Å². The van der Waals surface area contributed by atoms with Crippen molar-refractivity contribution >= 4 is 49.2 Å². The van der Waals surface area contributed by atoms with E-state index in [0.29, 0.717) is 36.6 Å². The molecule has 0 saturated carbocycles. The third kappa shape index (κ3) is 2.23. The molecule has 4 rings (SSSR count). The molecular weight excluding hydrogens is 360 g/mol. The molecule has 0 radical (unpaired) electrons. The minimum Gasteiger partial charge on any atom is -0.506 e. The van der Waals surface area contributed by atoms with Gasteiger partial charge in [0.25, 0.3) is 5.56 Å². The molecule has 4 N–H and O–H groups in total. The van der Waals surface area contributed by atoms with Gasteiger partial charge < -0.3 is 15.8 Å². The predicted molar refractivity (Wildman–Crippen MR) is 99.0 cm³/mol. The van der Waals surface area contributed by atoms with Gasteiger partial charge in [0.15, 0.2) is 0 Å². The number of nitrogen functional groups attached to an aromatic ring is 1. The van der Waals surface area contributed by atoms with Gasteiger partial charge in [-0.1, -0.05) is 29.8 Å². The van der Waals surface area contributed by atoms with E-state index in [1.165, 1.54) is 11.3 Å². The summed E-state index contributed by atoms with van der Waals surface area (Å²) in [5, 5.41) is 20.7. The Balaban J connectivity index is 2.33. The Bertz CT molecular complexity index is 1270. The van der Waals surface area contributed by atoms with E-state index in [9.17, 15) is 15.2 Å². The van der Waals surface area contributed by atoms with Gasteiger partial charge in [0.1, 0.15) is 28.0 Å². The standard InChI is InChI=1S/C17H9ClN4O2S/c18-9-4-2-1-3-7(9)12-8(6-19)16(20)22-17-13(12)14-15(25-17)10(23)5-11(24)21-14/h1-5H,(H2,20,22)(H2,21,23,24). The average Bonchev–Trinajstić information content (AvgIpc) is 2.92. The third-order valence-corrected chi connectivity index (χ3v) is 5.31. The SMILES string of the molecule is N#Cc1c(N)nc2sc3c(O)cc(=O)[nH]c3c2c1-c1ccccc1Cl. The molecular formula is C17H9ClN4O2S. The largest absolute Gasteiger partial charge is 0.506 e. The van der Waals surface area contributed by atoms with Crippen LogP contribution in [0, 0.1) is 11.3 Å². The molecule has 25 heavy (non-hydrogen) atoms.